The summed E-state index contributed by atoms with van der Waals surface area (Å²) in [5.41, 5.74) is 2.86. The maximum atomic E-state index is 5.82. The number of aromatic nitrogens is 2. The fourth-order valence-corrected chi connectivity index (χ4v) is 2.83. The summed E-state index contributed by atoms with van der Waals surface area (Å²) in [6, 6.07) is 8.93. The van der Waals surface area contributed by atoms with Crippen LogP contribution in [0.25, 0.3) is 0 Å². The SMILES string of the molecule is CCNC1CCc2cc(OCCn3cccn3)ccc21. The second-order valence-corrected chi connectivity index (χ2v) is 5.13. The Morgan fingerprint density at radius 2 is 2.40 bits per heavy atom. The lowest BCUT2D eigenvalue weighted by molar-refractivity contribution is 0.291. The van der Waals surface area contributed by atoms with E-state index in [0.29, 0.717) is 12.6 Å². The van der Waals surface area contributed by atoms with Crippen LogP contribution in [-0.2, 0) is 13.0 Å². The Balaban J connectivity index is 1.59. The van der Waals surface area contributed by atoms with Crippen LogP contribution in [0.4, 0.5) is 0 Å². The van der Waals surface area contributed by atoms with E-state index in [2.05, 4.69) is 35.5 Å². The van der Waals surface area contributed by atoms with E-state index in [4.69, 9.17) is 4.74 Å². The van der Waals surface area contributed by atoms with Gasteiger partial charge in [-0.05, 0) is 48.7 Å². The Hall–Kier alpha value is -1.81. The Bertz CT molecular complexity index is 551. The van der Waals surface area contributed by atoms with Crippen molar-refractivity contribution in [3.63, 3.8) is 0 Å². The summed E-state index contributed by atoms with van der Waals surface area (Å²) in [7, 11) is 0. The molecule has 0 spiro atoms. The molecule has 1 aliphatic rings. The van der Waals surface area contributed by atoms with Gasteiger partial charge in [0.1, 0.15) is 12.4 Å². The molecule has 1 unspecified atom stereocenters. The van der Waals surface area contributed by atoms with E-state index < -0.39 is 0 Å². The first-order valence-corrected chi connectivity index (χ1v) is 7.33. The molecular weight excluding hydrogens is 250 g/mol. The van der Waals surface area contributed by atoms with Crippen LogP contribution in [0.15, 0.2) is 36.7 Å². The van der Waals surface area contributed by atoms with Gasteiger partial charge < -0.3 is 10.1 Å². The second-order valence-electron chi connectivity index (χ2n) is 5.13. The number of hydrogen-bond donors (Lipinski definition) is 1. The third kappa shape index (κ3) is 2.85. The largest absolute Gasteiger partial charge is 0.492 e. The third-order valence-corrected chi connectivity index (χ3v) is 3.79. The fourth-order valence-electron chi connectivity index (χ4n) is 2.83. The minimum atomic E-state index is 0.521. The minimum Gasteiger partial charge on any atom is -0.492 e. The van der Waals surface area contributed by atoms with Gasteiger partial charge in [-0.15, -0.1) is 0 Å². The molecule has 0 aliphatic heterocycles. The highest BCUT2D eigenvalue weighted by Gasteiger charge is 2.21. The van der Waals surface area contributed by atoms with Gasteiger partial charge in [0, 0.05) is 18.4 Å². The van der Waals surface area contributed by atoms with Gasteiger partial charge in [-0.1, -0.05) is 13.0 Å². The number of ether oxygens (including phenoxy) is 1. The summed E-state index contributed by atoms with van der Waals surface area (Å²) in [5, 5.41) is 7.69. The van der Waals surface area contributed by atoms with Crippen LogP contribution in [0.5, 0.6) is 5.75 Å². The van der Waals surface area contributed by atoms with E-state index in [0.717, 1.165) is 25.3 Å². The molecule has 1 heterocycles. The smallest absolute Gasteiger partial charge is 0.119 e. The molecule has 0 bridgehead atoms. The lowest BCUT2D eigenvalue weighted by atomic mass is 10.1. The van der Waals surface area contributed by atoms with Gasteiger partial charge in [0.2, 0.25) is 0 Å². The lowest BCUT2D eigenvalue weighted by Crippen LogP contribution is -2.18. The number of nitrogens with one attached hydrogen (secondary N) is 1. The molecule has 1 atom stereocenters. The molecular formula is C16H21N3O. The molecule has 0 radical (unpaired) electrons. The molecule has 0 amide bonds. The third-order valence-electron chi connectivity index (χ3n) is 3.79. The van der Waals surface area contributed by atoms with Gasteiger partial charge in [0.25, 0.3) is 0 Å². The molecule has 20 heavy (non-hydrogen) atoms. The van der Waals surface area contributed by atoms with Crippen molar-refractivity contribution >= 4 is 0 Å². The normalized spacial score (nSPS) is 17.1. The molecule has 106 valence electrons. The Labute approximate surface area is 119 Å². The van der Waals surface area contributed by atoms with Gasteiger partial charge in [-0.2, -0.15) is 5.10 Å². The highest BCUT2D eigenvalue weighted by molar-refractivity contribution is 5.40. The highest BCUT2D eigenvalue weighted by atomic mass is 16.5. The van der Waals surface area contributed by atoms with Gasteiger partial charge in [-0.3, -0.25) is 4.68 Å². The molecule has 0 saturated heterocycles. The van der Waals surface area contributed by atoms with Crippen molar-refractivity contribution in [2.45, 2.75) is 32.4 Å². The van der Waals surface area contributed by atoms with Gasteiger partial charge in [0.05, 0.1) is 6.54 Å². The van der Waals surface area contributed by atoms with Crippen LogP contribution in [0, 0.1) is 0 Å². The maximum Gasteiger partial charge on any atom is 0.119 e. The summed E-state index contributed by atoms with van der Waals surface area (Å²) in [6.45, 7) is 4.61. The van der Waals surface area contributed by atoms with Crippen molar-refractivity contribution < 1.29 is 4.74 Å². The first kappa shape index (κ1) is 13.2. The highest BCUT2D eigenvalue weighted by Crippen LogP contribution is 2.33. The van der Waals surface area contributed by atoms with Crippen LogP contribution < -0.4 is 10.1 Å². The molecule has 1 N–H and O–H groups in total. The average molecular weight is 271 g/mol. The summed E-state index contributed by atoms with van der Waals surface area (Å²) in [5.74, 6) is 0.966. The fraction of sp³-hybridized carbons (Fsp3) is 0.438. The zero-order valence-corrected chi connectivity index (χ0v) is 11.9. The molecule has 3 rings (SSSR count). The molecule has 1 aliphatic carbocycles. The van der Waals surface area contributed by atoms with Crippen LogP contribution in [-0.4, -0.2) is 22.9 Å². The second kappa shape index (κ2) is 6.09. The predicted octanol–water partition coefficient (Wildman–Crippen LogP) is 2.56. The van der Waals surface area contributed by atoms with E-state index in [1.807, 2.05) is 16.9 Å². The lowest BCUT2D eigenvalue weighted by Gasteiger charge is -2.13. The predicted molar refractivity (Wildman–Crippen MR) is 78.9 cm³/mol. The van der Waals surface area contributed by atoms with Gasteiger partial charge in [0.15, 0.2) is 0 Å². The number of benzene rings is 1. The number of hydrogen-bond acceptors (Lipinski definition) is 3. The molecule has 0 saturated carbocycles. The monoisotopic (exact) mass is 271 g/mol. The van der Waals surface area contributed by atoms with Crippen LogP contribution >= 0.6 is 0 Å². The first-order chi connectivity index (χ1) is 9.86. The van der Waals surface area contributed by atoms with Gasteiger partial charge in [-0.25, -0.2) is 0 Å². The number of rotatable bonds is 6. The van der Waals surface area contributed by atoms with Crippen LogP contribution in [0.3, 0.4) is 0 Å². The summed E-state index contributed by atoms with van der Waals surface area (Å²) < 4.78 is 7.70. The quantitative estimate of drug-likeness (QED) is 0.877. The zero-order chi connectivity index (χ0) is 13.8. The van der Waals surface area contributed by atoms with Gasteiger partial charge >= 0.3 is 0 Å². The standard InChI is InChI=1S/C16H21N3O/c1-2-17-16-7-4-13-12-14(5-6-15(13)16)20-11-10-19-9-3-8-18-19/h3,5-6,8-9,12,16-17H,2,4,7,10-11H2,1H3. The number of nitrogens with zero attached hydrogens (tertiary/aromatic N) is 2. The van der Waals surface area contributed by atoms with E-state index in [9.17, 15) is 0 Å². The number of aryl methyl sites for hydroxylation is 1. The van der Waals surface area contributed by atoms with Crippen molar-refractivity contribution in [1.29, 1.82) is 0 Å². The van der Waals surface area contributed by atoms with E-state index in [-0.39, 0.29) is 0 Å². The number of fused-ring (bicyclic) bond motifs is 1. The maximum absolute atomic E-state index is 5.82. The molecule has 0 fully saturated rings. The van der Waals surface area contributed by atoms with Crippen LogP contribution in [0.1, 0.15) is 30.5 Å². The molecule has 1 aromatic carbocycles. The van der Waals surface area contributed by atoms with E-state index >= 15 is 0 Å². The molecule has 4 nitrogen and oxygen atoms in total. The zero-order valence-electron chi connectivity index (χ0n) is 11.9. The van der Waals surface area contributed by atoms with Crippen molar-refractivity contribution in [2.75, 3.05) is 13.2 Å². The Kier molecular flexibility index (Phi) is 4.02. The summed E-state index contributed by atoms with van der Waals surface area (Å²) in [4.78, 5) is 0. The van der Waals surface area contributed by atoms with Crippen molar-refractivity contribution in [2.24, 2.45) is 0 Å². The molecule has 2 aromatic rings. The first-order valence-electron chi connectivity index (χ1n) is 7.33. The Morgan fingerprint density at radius 1 is 1.45 bits per heavy atom. The molecule has 1 aromatic heterocycles. The van der Waals surface area contributed by atoms with Crippen molar-refractivity contribution in [1.82, 2.24) is 15.1 Å². The van der Waals surface area contributed by atoms with Crippen LogP contribution in [0.2, 0.25) is 0 Å². The minimum absolute atomic E-state index is 0.521. The Morgan fingerprint density at radius 3 is 3.20 bits per heavy atom. The topological polar surface area (TPSA) is 39.1 Å². The average Bonchev–Trinajstić information content (AvgIpc) is 3.09. The van der Waals surface area contributed by atoms with E-state index in [1.165, 1.54) is 17.5 Å². The molecule has 4 heteroatoms. The summed E-state index contributed by atoms with van der Waals surface area (Å²) >= 11 is 0. The van der Waals surface area contributed by atoms with E-state index in [1.54, 1.807) is 6.20 Å². The van der Waals surface area contributed by atoms with Crippen molar-refractivity contribution in [3.8, 4) is 5.75 Å². The van der Waals surface area contributed by atoms with Crippen molar-refractivity contribution in [3.05, 3.63) is 47.8 Å². The summed E-state index contributed by atoms with van der Waals surface area (Å²) in [6.07, 6.45) is 6.08.